The molecule has 8 heteroatoms. The van der Waals surface area contributed by atoms with Crippen molar-refractivity contribution in [3.05, 3.63) is 76.6 Å². The lowest BCUT2D eigenvalue weighted by atomic mass is 10.1. The van der Waals surface area contributed by atoms with Crippen molar-refractivity contribution < 1.29 is 18.0 Å². The molecule has 0 aliphatic carbocycles. The Kier molecular flexibility index (Phi) is 6.34. The third kappa shape index (κ3) is 4.79. The van der Waals surface area contributed by atoms with Crippen LogP contribution in [0.2, 0.25) is 5.02 Å². The molecule has 0 saturated heterocycles. The molecular formula is C19H20ClN2O4P. The SMILES string of the molecule is COP(=O)(OC)c1nc(Cc2ccc(Cl)cc2)oc1NCc1ccccc1. The van der Waals surface area contributed by atoms with Gasteiger partial charge in [0.15, 0.2) is 0 Å². The third-order valence-corrected chi connectivity index (χ3v) is 5.99. The maximum absolute atomic E-state index is 12.9. The van der Waals surface area contributed by atoms with Gasteiger partial charge in [0, 0.05) is 32.2 Å². The highest BCUT2D eigenvalue weighted by molar-refractivity contribution is 7.62. The van der Waals surface area contributed by atoms with Crippen molar-refractivity contribution in [2.24, 2.45) is 0 Å². The van der Waals surface area contributed by atoms with Crippen molar-refractivity contribution in [1.29, 1.82) is 0 Å². The molecule has 0 spiro atoms. The molecule has 3 aromatic rings. The maximum Gasteiger partial charge on any atom is 0.384 e. The van der Waals surface area contributed by atoms with Gasteiger partial charge in [-0.2, -0.15) is 0 Å². The van der Waals surface area contributed by atoms with Crippen molar-refractivity contribution in [2.45, 2.75) is 13.0 Å². The number of anilines is 1. The van der Waals surface area contributed by atoms with Crippen LogP contribution in [0.1, 0.15) is 17.0 Å². The van der Waals surface area contributed by atoms with E-state index < -0.39 is 7.60 Å². The zero-order valence-corrected chi connectivity index (χ0v) is 16.7. The quantitative estimate of drug-likeness (QED) is 0.549. The predicted molar refractivity (Wildman–Crippen MR) is 106 cm³/mol. The highest BCUT2D eigenvalue weighted by Gasteiger charge is 2.34. The highest BCUT2D eigenvalue weighted by atomic mass is 35.5. The first-order valence-corrected chi connectivity index (χ1v) is 10.2. The summed E-state index contributed by atoms with van der Waals surface area (Å²) >= 11 is 5.92. The second-order valence-electron chi connectivity index (χ2n) is 5.77. The molecule has 3 rings (SSSR count). The van der Waals surface area contributed by atoms with E-state index in [4.69, 9.17) is 25.1 Å². The van der Waals surface area contributed by atoms with Gasteiger partial charge in [-0.1, -0.05) is 54.1 Å². The van der Waals surface area contributed by atoms with Gasteiger partial charge in [0.25, 0.3) is 0 Å². The Balaban J connectivity index is 1.88. The average Bonchev–Trinajstić information content (AvgIpc) is 3.11. The van der Waals surface area contributed by atoms with E-state index in [1.54, 1.807) is 12.1 Å². The lowest BCUT2D eigenvalue weighted by Crippen LogP contribution is -2.15. The number of aromatic nitrogens is 1. The molecule has 142 valence electrons. The Labute approximate surface area is 163 Å². The van der Waals surface area contributed by atoms with Gasteiger partial charge in [-0.05, 0) is 23.3 Å². The lowest BCUT2D eigenvalue weighted by Gasteiger charge is -2.12. The molecule has 2 aromatic carbocycles. The van der Waals surface area contributed by atoms with Gasteiger partial charge >= 0.3 is 7.60 Å². The molecule has 1 N–H and O–H groups in total. The lowest BCUT2D eigenvalue weighted by molar-refractivity contribution is 0.286. The standard InChI is InChI=1S/C19H20ClN2O4P/c1-24-27(23,25-2)19-18(21-13-15-6-4-3-5-7-15)26-17(22-19)12-14-8-10-16(20)11-9-14/h3-11,21H,12-13H2,1-2H3. The van der Waals surface area contributed by atoms with E-state index in [1.165, 1.54) is 14.2 Å². The summed E-state index contributed by atoms with van der Waals surface area (Å²) in [4.78, 5) is 4.38. The first-order valence-electron chi connectivity index (χ1n) is 8.28. The molecule has 0 amide bonds. The van der Waals surface area contributed by atoms with Crippen LogP contribution in [0.4, 0.5) is 5.88 Å². The molecule has 1 heterocycles. The van der Waals surface area contributed by atoms with Crippen LogP contribution in [0.15, 0.2) is 59.0 Å². The van der Waals surface area contributed by atoms with Crippen LogP contribution in [0.25, 0.3) is 0 Å². The topological polar surface area (TPSA) is 73.6 Å². The van der Waals surface area contributed by atoms with E-state index in [2.05, 4.69) is 10.3 Å². The Morgan fingerprint density at radius 1 is 1.04 bits per heavy atom. The molecule has 0 unspecified atom stereocenters. The average molecular weight is 407 g/mol. The van der Waals surface area contributed by atoms with Crippen molar-refractivity contribution in [2.75, 3.05) is 19.5 Å². The number of nitrogens with zero attached hydrogens (tertiary/aromatic N) is 1. The molecular weight excluding hydrogens is 387 g/mol. The van der Waals surface area contributed by atoms with Crippen molar-refractivity contribution >= 4 is 30.5 Å². The van der Waals surface area contributed by atoms with Gasteiger partial charge in [-0.3, -0.25) is 4.57 Å². The largest absolute Gasteiger partial charge is 0.424 e. The van der Waals surface area contributed by atoms with Crippen LogP contribution < -0.4 is 10.8 Å². The third-order valence-electron chi connectivity index (χ3n) is 3.96. The number of rotatable bonds is 8. The first kappa shape index (κ1) is 19.6. The van der Waals surface area contributed by atoms with Crippen molar-refractivity contribution in [1.82, 2.24) is 4.98 Å². The molecule has 6 nitrogen and oxygen atoms in total. The minimum atomic E-state index is -3.57. The van der Waals surface area contributed by atoms with E-state index >= 15 is 0 Å². The second-order valence-corrected chi connectivity index (χ2v) is 8.35. The van der Waals surface area contributed by atoms with E-state index in [9.17, 15) is 4.57 Å². The van der Waals surface area contributed by atoms with Gasteiger partial charge < -0.3 is 18.8 Å². The smallest absolute Gasteiger partial charge is 0.384 e. The number of hydrogen-bond acceptors (Lipinski definition) is 6. The van der Waals surface area contributed by atoms with Crippen LogP contribution in [-0.4, -0.2) is 19.2 Å². The summed E-state index contributed by atoms with van der Waals surface area (Å²) in [6.07, 6.45) is 0.421. The predicted octanol–water partition coefficient (Wildman–Crippen LogP) is 4.64. The maximum atomic E-state index is 12.9. The van der Waals surface area contributed by atoms with Gasteiger partial charge in [0.2, 0.25) is 17.2 Å². The van der Waals surface area contributed by atoms with E-state index in [-0.39, 0.29) is 11.3 Å². The molecule has 0 aliphatic heterocycles. The van der Waals surface area contributed by atoms with Crippen molar-refractivity contribution in [3.8, 4) is 0 Å². The summed E-state index contributed by atoms with van der Waals surface area (Å²) in [5, 5.41) is 3.79. The number of oxazole rings is 1. The summed E-state index contributed by atoms with van der Waals surface area (Å²) in [6.45, 7) is 0.483. The zero-order valence-electron chi connectivity index (χ0n) is 15.0. The normalized spacial score (nSPS) is 11.5. The van der Waals surface area contributed by atoms with Crippen molar-refractivity contribution in [3.63, 3.8) is 0 Å². The molecule has 0 aliphatic rings. The van der Waals surface area contributed by atoms with E-state index in [0.717, 1.165) is 11.1 Å². The number of nitrogens with one attached hydrogen (secondary N) is 1. The number of hydrogen-bond donors (Lipinski definition) is 1. The molecule has 0 radical (unpaired) electrons. The second kappa shape index (κ2) is 8.72. The Bertz CT molecular complexity index is 921. The fourth-order valence-electron chi connectivity index (χ4n) is 2.53. The Morgan fingerprint density at radius 3 is 2.33 bits per heavy atom. The molecule has 0 atom stereocenters. The van der Waals surface area contributed by atoms with E-state index in [1.807, 2.05) is 42.5 Å². The van der Waals surface area contributed by atoms with Gasteiger partial charge in [-0.15, -0.1) is 0 Å². The summed E-state index contributed by atoms with van der Waals surface area (Å²) in [5.74, 6) is 0.673. The number of halogens is 1. The van der Waals surface area contributed by atoms with Crippen LogP contribution in [0, 0.1) is 0 Å². The van der Waals surface area contributed by atoms with Crippen LogP contribution in [0.5, 0.6) is 0 Å². The van der Waals surface area contributed by atoms with Gasteiger partial charge in [0.1, 0.15) is 0 Å². The summed E-state index contributed by atoms with van der Waals surface area (Å²) in [5.41, 5.74) is 2.14. The first-order chi connectivity index (χ1) is 13.0. The van der Waals surface area contributed by atoms with Gasteiger partial charge in [0.05, 0.1) is 0 Å². The zero-order chi connectivity index (χ0) is 19.3. The minimum absolute atomic E-state index is 0.132. The fraction of sp³-hybridized carbons (Fsp3) is 0.211. The summed E-state index contributed by atoms with van der Waals surface area (Å²) < 4.78 is 28.9. The molecule has 1 aromatic heterocycles. The molecule has 27 heavy (non-hydrogen) atoms. The molecule has 0 fully saturated rings. The Hall–Kier alpha value is -2.11. The minimum Gasteiger partial charge on any atom is -0.424 e. The monoisotopic (exact) mass is 406 g/mol. The summed E-state index contributed by atoms with van der Waals surface area (Å²) in [6, 6.07) is 17.1. The fourth-order valence-corrected chi connectivity index (χ4v) is 3.76. The van der Waals surface area contributed by atoms with Crippen LogP contribution in [-0.2, 0) is 26.6 Å². The summed E-state index contributed by atoms with van der Waals surface area (Å²) in [7, 11) is -0.936. The molecule has 0 saturated carbocycles. The Morgan fingerprint density at radius 2 is 1.70 bits per heavy atom. The van der Waals surface area contributed by atoms with Gasteiger partial charge in [-0.25, -0.2) is 4.98 Å². The molecule has 0 bridgehead atoms. The van der Waals surface area contributed by atoms with E-state index in [0.29, 0.717) is 23.9 Å². The number of benzene rings is 2. The van der Waals surface area contributed by atoms with Crippen LogP contribution in [0.3, 0.4) is 0 Å². The van der Waals surface area contributed by atoms with Crippen LogP contribution >= 0.6 is 19.2 Å². The highest BCUT2D eigenvalue weighted by Crippen LogP contribution is 2.47.